The molecule has 0 aliphatic rings. The van der Waals surface area contributed by atoms with E-state index < -0.39 is 0 Å². The molecule has 0 spiro atoms. The number of anilines is 1. The molecule has 0 fully saturated rings. The summed E-state index contributed by atoms with van der Waals surface area (Å²) in [6.45, 7) is 4.49. The SMILES string of the molecule is CCn1c(SCC(=O)Nc2cccc(C)c2)nnc1-c1ccccc1F. The number of nitrogens with zero attached hydrogens (tertiary/aromatic N) is 3. The third-order valence-electron chi connectivity index (χ3n) is 3.78. The Kier molecular flexibility index (Phi) is 5.68. The first-order valence-corrected chi connectivity index (χ1v) is 9.24. The highest BCUT2D eigenvalue weighted by Crippen LogP contribution is 2.25. The Hall–Kier alpha value is -2.67. The summed E-state index contributed by atoms with van der Waals surface area (Å²) in [6, 6.07) is 14.1. The summed E-state index contributed by atoms with van der Waals surface area (Å²) in [5.41, 5.74) is 2.24. The van der Waals surface area contributed by atoms with Crippen LogP contribution in [0.4, 0.5) is 10.1 Å². The fourth-order valence-corrected chi connectivity index (χ4v) is 3.37. The van der Waals surface area contributed by atoms with Crippen LogP contribution in [0.5, 0.6) is 0 Å². The summed E-state index contributed by atoms with van der Waals surface area (Å²) in [6.07, 6.45) is 0. The van der Waals surface area contributed by atoms with Crippen LogP contribution in [-0.4, -0.2) is 26.4 Å². The van der Waals surface area contributed by atoms with Gasteiger partial charge >= 0.3 is 0 Å². The van der Waals surface area contributed by atoms with Gasteiger partial charge in [-0.2, -0.15) is 0 Å². The Balaban J connectivity index is 1.71. The van der Waals surface area contributed by atoms with Gasteiger partial charge in [0.15, 0.2) is 11.0 Å². The lowest BCUT2D eigenvalue weighted by molar-refractivity contribution is -0.113. The molecule has 1 N–H and O–H groups in total. The molecule has 1 heterocycles. The van der Waals surface area contributed by atoms with E-state index in [9.17, 15) is 9.18 Å². The summed E-state index contributed by atoms with van der Waals surface area (Å²) in [4.78, 5) is 12.2. The molecule has 0 aliphatic heterocycles. The van der Waals surface area contributed by atoms with Crippen molar-refractivity contribution in [1.29, 1.82) is 0 Å². The number of aromatic nitrogens is 3. The summed E-state index contributed by atoms with van der Waals surface area (Å²) < 4.78 is 15.8. The van der Waals surface area contributed by atoms with Crippen LogP contribution in [-0.2, 0) is 11.3 Å². The maximum absolute atomic E-state index is 14.0. The molecule has 0 aliphatic carbocycles. The second-order valence-electron chi connectivity index (χ2n) is 5.74. The zero-order valence-corrected chi connectivity index (χ0v) is 15.4. The quantitative estimate of drug-likeness (QED) is 0.663. The van der Waals surface area contributed by atoms with Gasteiger partial charge in [0.05, 0.1) is 11.3 Å². The molecular formula is C19H19FN4OS. The van der Waals surface area contributed by atoms with Crippen molar-refractivity contribution in [3.63, 3.8) is 0 Å². The van der Waals surface area contributed by atoms with Crippen molar-refractivity contribution in [3.8, 4) is 11.4 Å². The third-order valence-corrected chi connectivity index (χ3v) is 4.75. The molecule has 0 unspecified atom stereocenters. The average Bonchev–Trinajstić information content (AvgIpc) is 3.03. The Morgan fingerprint density at radius 1 is 1.19 bits per heavy atom. The molecule has 134 valence electrons. The number of halogens is 1. The van der Waals surface area contributed by atoms with Gasteiger partial charge in [-0.25, -0.2) is 4.39 Å². The van der Waals surface area contributed by atoms with E-state index in [1.54, 1.807) is 18.2 Å². The van der Waals surface area contributed by atoms with Gasteiger partial charge in [0.25, 0.3) is 0 Å². The van der Waals surface area contributed by atoms with E-state index in [1.165, 1.54) is 17.8 Å². The number of carbonyl (C=O) groups is 1. The van der Waals surface area contributed by atoms with Crippen LogP contribution in [0.2, 0.25) is 0 Å². The number of amides is 1. The lowest BCUT2D eigenvalue weighted by atomic mass is 10.2. The van der Waals surface area contributed by atoms with Crippen LogP contribution in [0.15, 0.2) is 53.7 Å². The summed E-state index contributed by atoms with van der Waals surface area (Å²) >= 11 is 1.28. The average molecular weight is 370 g/mol. The number of hydrogen-bond acceptors (Lipinski definition) is 4. The Morgan fingerprint density at radius 2 is 2.00 bits per heavy atom. The predicted octanol–water partition coefficient (Wildman–Crippen LogP) is 4.14. The van der Waals surface area contributed by atoms with Crippen LogP contribution in [0.25, 0.3) is 11.4 Å². The Morgan fingerprint density at radius 3 is 2.73 bits per heavy atom. The highest BCUT2D eigenvalue weighted by molar-refractivity contribution is 7.99. The van der Waals surface area contributed by atoms with Gasteiger partial charge in [-0.1, -0.05) is 36.0 Å². The van der Waals surface area contributed by atoms with E-state index >= 15 is 0 Å². The molecule has 1 aromatic heterocycles. The van der Waals surface area contributed by atoms with Crippen molar-refractivity contribution < 1.29 is 9.18 Å². The van der Waals surface area contributed by atoms with Gasteiger partial charge in [-0.3, -0.25) is 4.79 Å². The van der Waals surface area contributed by atoms with Crippen molar-refractivity contribution >= 4 is 23.4 Å². The largest absolute Gasteiger partial charge is 0.325 e. The zero-order chi connectivity index (χ0) is 18.5. The fourth-order valence-electron chi connectivity index (χ4n) is 2.57. The lowest BCUT2D eigenvalue weighted by Gasteiger charge is -2.08. The fraction of sp³-hybridized carbons (Fsp3) is 0.211. The second-order valence-corrected chi connectivity index (χ2v) is 6.68. The normalized spacial score (nSPS) is 10.7. The molecule has 7 heteroatoms. The van der Waals surface area contributed by atoms with Crippen LogP contribution in [0.1, 0.15) is 12.5 Å². The molecular weight excluding hydrogens is 351 g/mol. The number of nitrogens with one attached hydrogen (secondary N) is 1. The summed E-state index contributed by atoms with van der Waals surface area (Å²) in [5, 5.41) is 11.7. The van der Waals surface area contributed by atoms with E-state index in [2.05, 4.69) is 15.5 Å². The minimum absolute atomic E-state index is 0.126. The molecule has 0 saturated carbocycles. The number of benzene rings is 2. The molecule has 0 radical (unpaired) electrons. The van der Waals surface area contributed by atoms with Crippen molar-refractivity contribution in [2.75, 3.05) is 11.1 Å². The monoisotopic (exact) mass is 370 g/mol. The number of thioether (sulfide) groups is 1. The van der Waals surface area contributed by atoms with Crippen molar-refractivity contribution in [1.82, 2.24) is 14.8 Å². The first-order valence-electron chi connectivity index (χ1n) is 8.26. The number of rotatable bonds is 6. The van der Waals surface area contributed by atoms with E-state index in [0.717, 1.165) is 11.3 Å². The maximum atomic E-state index is 14.0. The van der Waals surface area contributed by atoms with E-state index in [4.69, 9.17) is 0 Å². The van der Waals surface area contributed by atoms with Gasteiger partial charge in [0, 0.05) is 12.2 Å². The molecule has 0 bridgehead atoms. The first kappa shape index (κ1) is 18.1. The molecule has 26 heavy (non-hydrogen) atoms. The molecule has 0 atom stereocenters. The zero-order valence-electron chi connectivity index (χ0n) is 14.6. The highest BCUT2D eigenvalue weighted by atomic mass is 32.2. The summed E-state index contributed by atoms with van der Waals surface area (Å²) in [7, 11) is 0. The molecule has 5 nitrogen and oxygen atoms in total. The van der Waals surface area contributed by atoms with Gasteiger partial charge in [-0.15, -0.1) is 10.2 Å². The Bertz CT molecular complexity index is 925. The molecule has 3 rings (SSSR count). The minimum atomic E-state index is -0.344. The molecule has 3 aromatic rings. The van der Waals surface area contributed by atoms with Crippen molar-refractivity contribution in [2.24, 2.45) is 0 Å². The van der Waals surface area contributed by atoms with Crippen molar-refractivity contribution in [3.05, 3.63) is 59.9 Å². The molecule has 0 saturated heterocycles. The first-order chi connectivity index (χ1) is 12.6. The van der Waals surface area contributed by atoms with Crippen LogP contribution < -0.4 is 5.32 Å². The number of hydrogen-bond donors (Lipinski definition) is 1. The lowest BCUT2D eigenvalue weighted by Crippen LogP contribution is -2.14. The van der Waals surface area contributed by atoms with Gasteiger partial charge in [0.1, 0.15) is 5.82 Å². The second kappa shape index (κ2) is 8.14. The number of aryl methyl sites for hydroxylation is 1. The predicted molar refractivity (Wildman–Crippen MR) is 102 cm³/mol. The van der Waals surface area contributed by atoms with E-state index in [0.29, 0.717) is 23.1 Å². The van der Waals surface area contributed by atoms with Crippen molar-refractivity contribution in [2.45, 2.75) is 25.5 Å². The van der Waals surface area contributed by atoms with Crippen LogP contribution >= 0.6 is 11.8 Å². The van der Waals surface area contributed by atoms with Gasteiger partial charge in [-0.05, 0) is 43.7 Å². The maximum Gasteiger partial charge on any atom is 0.234 e. The third kappa shape index (κ3) is 4.11. The summed E-state index contributed by atoms with van der Waals surface area (Å²) in [5.74, 6) is 0.192. The molecule has 1 amide bonds. The Labute approximate surface area is 155 Å². The number of carbonyl (C=O) groups excluding carboxylic acids is 1. The van der Waals surface area contributed by atoms with Gasteiger partial charge in [0.2, 0.25) is 5.91 Å². The van der Waals surface area contributed by atoms with Crippen LogP contribution in [0.3, 0.4) is 0 Å². The smallest absolute Gasteiger partial charge is 0.234 e. The van der Waals surface area contributed by atoms with Gasteiger partial charge < -0.3 is 9.88 Å². The highest BCUT2D eigenvalue weighted by Gasteiger charge is 2.17. The van der Waals surface area contributed by atoms with Crippen LogP contribution in [0, 0.1) is 12.7 Å². The van der Waals surface area contributed by atoms with E-state index in [1.807, 2.05) is 42.7 Å². The minimum Gasteiger partial charge on any atom is -0.325 e. The molecule has 2 aromatic carbocycles. The van der Waals surface area contributed by atoms with E-state index in [-0.39, 0.29) is 17.5 Å². The standard InChI is InChI=1S/C19H19FN4OS/c1-3-24-18(15-9-4-5-10-16(15)20)22-23-19(24)26-12-17(25)21-14-8-6-7-13(2)11-14/h4-11H,3,12H2,1-2H3,(H,21,25). The topological polar surface area (TPSA) is 59.8 Å².